The smallest absolute Gasteiger partial charge is 0.195 e. The Bertz CT molecular complexity index is 589. The zero-order valence-electron chi connectivity index (χ0n) is 17.1. The van der Waals surface area contributed by atoms with Gasteiger partial charge in [-0.1, -0.05) is 6.92 Å². The first-order valence-corrected chi connectivity index (χ1v) is 9.82. The van der Waals surface area contributed by atoms with Crippen LogP contribution in [-0.2, 0) is 4.74 Å². The van der Waals surface area contributed by atoms with Crippen molar-refractivity contribution in [3.05, 3.63) is 18.2 Å². The molecule has 1 atom stereocenters. The maximum atomic E-state index is 5.57. The van der Waals surface area contributed by atoms with Crippen LogP contribution in [0.25, 0.3) is 0 Å². The van der Waals surface area contributed by atoms with Gasteiger partial charge in [0.2, 0.25) is 0 Å². The predicted octanol–water partition coefficient (Wildman–Crippen LogP) is 2.44. The van der Waals surface area contributed by atoms with Crippen LogP contribution in [0.4, 0.5) is 5.69 Å². The van der Waals surface area contributed by atoms with Crippen molar-refractivity contribution in [3.8, 4) is 11.5 Å². The van der Waals surface area contributed by atoms with Gasteiger partial charge in [0, 0.05) is 44.5 Å². The molecule has 152 valence electrons. The Hall–Kier alpha value is -1.99. The normalized spacial score (nSPS) is 16.7. The Morgan fingerprint density at radius 2 is 2.04 bits per heavy atom. The Kier molecular flexibility index (Phi) is 9.21. The van der Waals surface area contributed by atoms with Crippen LogP contribution in [0.15, 0.2) is 23.2 Å². The van der Waals surface area contributed by atoms with E-state index in [9.17, 15) is 0 Å². The minimum atomic E-state index is 0.480. The van der Waals surface area contributed by atoms with Gasteiger partial charge in [-0.2, -0.15) is 0 Å². The molecule has 0 aliphatic carbocycles. The third kappa shape index (κ3) is 7.27. The molecule has 0 amide bonds. The molecule has 1 fully saturated rings. The van der Waals surface area contributed by atoms with Crippen LogP contribution in [0.1, 0.15) is 20.8 Å². The number of hydrogen-bond donors (Lipinski definition) is 2. The largest absolute Gasteiger partial charge is 0.493 e. The number of rotatable bonds is 9. The van der Waals surface area contributed by atoms with Gasteiger partial charge in [0.05, 0.1) is 26.9 Å². The van der Waals surface area contributed by atoms with Crippen LogP contribution in [0.3, 0.4) is 0 Å². The quantitative estimate of drug-likeness (QED) is 0.508. The summed E-state index contributed by atoms with van der Waals surface area (Å²) < 4.78 is 16.4. The third-order valence-corrected chi connectivity index (χ3v) is 4.31. The lowest BCUT2D eigenvalue weighted by Crippen LogP contribution is -2.39. The van der Waals surface area contributed by atoms with E-state index in [0.717, 1.165) is 63.3 Å². The second kappa shape index (κ2) is 11.7. The second-order valence-corrected chi connectivity index (χ2v) is 6.66. The first-order valence-electron chi connectivity index (χ1n) is 9.82. The van der Waals surface area contributed by atoms with Crippen LogP contribution in [-0.4, -0.2) is 70.5 Å². The van der Waals surface area contributed by atoms with E-state index in [0.29, 0.717) is 18.3 Å². The maximum absolute atomic E-state index is 5.57. The first-order chi connectivity index (χ1) is 13.2. The van der Waals surface area contributed by atoms with Gasteiger partial charge < -0.3 is 24.8 Å². The molecule has 0 aromatic heterocycles. The Morgan fingerprint density at radius 1 is 1.26 bits per heavy atom. The molecule has 0 radical (unpaired) electrons. The van der Waals surface area contributed by atoms with E-state index in [1.54, 1.807) is 7.11 Å². The molecule has 27 heavy (non-hydrogen) atoms. The van der Waals surface area contributed by atoms with E-state index in [4.69, 9.17) is 19.2 Å². The number of nitrogens with one attached hydrogen (secondary N) is 2. The van der Waals surface area contributed by atoms with Gasteiger partial charge in [-0.05, 0) is 31.9 Å². The number of ether oxygens (including phenoxy) is 3. The summed E-state index contributed by atoms with van der Waals surface area (Å²) >= 11 is 0. The van der Waals surface area contributed by atoms with Crippen molar-refractivity contribution in [2.75, 3.05) is 65.0 Å². The third-order valence-electron chi connectivity index (χ3n) is 4.31. The Balaban J connectivity index is 1.95. The van der Waals surface area contributed by atoms with Crippen molar-refractivity contribution in [1.29, 1.82) is 0 Å². The molecule has 1 unspecified atom stereocenters. The fraction of sp³-hybridized carbons (Fsp3) is 0.650. The molecule has 1 aromatic carbocycles. The van der Waals surface area contributed by atoms with Gasteiger partial charge >= 0.3 is 0 Å². The molecular weight excluding hydrogens is 344 g/mol. The molecule has 2 N–H and O–H groups in total. The fourth-order valence-corrected chi connectivity index (χ4v) is 2.99. The number of aliphatic imine (C=N–C) groups is 1. The summed E-state index contributed by atoms with van der Waals surface area (Å²) in [5.74, 6) is 2.70. The molecule has 0 spiro atoms. The molecule has 7 heteroatoms. The maximum Gasteiger partial charge on any atom is 0.195 e. The van der Waals surface area contributed by atoms with E-state index in [-0.39, 0.29) is 0 Å². The highest BCUT2D eigenvalue weighted by atomic mass is 16.5. The van der Waals surface area contributed by atoms with E-state index in [1.165, 1.54) is 0 Å². The number of nitrogens with zero attached hydrogens (tertiary/aromatic N) is 2. The summed E-state index contributed by atoms with van der Waals surface area (Å²) in [4.78, 5) is 7.20. The van der Waals surface area contributed by atoms with Gasteiger partial charge in [-0.15, -0.1) is 0 Å². The van der Waals surface area contributed by atoms with Gasteiger partial charge in [0.25, 0.3) is 0 Å². The number of morpholine rings is 1. The number of guanidine groups is 1. The Labute approximate surface area is 163 Å². The summed E-state index contributed by atoms with van der Waals surface area (Å²) in [6, 6.07) is 5.81. The van der Waals surface area contributed by atoms with Crippen LogP contribution in [0, 0.1) is 5.92 Å². The van der Waals surface area contributed by atoms with Crippen molar-refractivity contribution in [2.45, 2.75) is 20.8 Å². The minimum absolute atomic E-state index is 0.480. The van der Waals surface area contributed by atoms with E-state index < -0.39 is 0 Å². The lowest BCUT2D eigenvalue weighted by Gasteiger charge is -2.28. The zero-order valence-corrected chi connectivity index (χ0v) is 17.1. The summed E-state index contributed by atoms with van der Waals surface area (Å²) in [5, 5.41) is 6.65. The van der Waals surface area contributed by atoms with Gasteiger partial charge in [-0.3, -0.25) is 9.89 Å². The van der Waals surface area contributed by atoms with Crippen LogP contribution in [0.5, 0.6) is 11.5 Å². The highest BCUT2D eigenvalue weighted by molar-refractivity contribution is 5.93. The lowest BCUT2D eigenvalue weighted by atomic mass is 10.1. The summed E-state index contributed by atoms with van der Waals surface area (Å²) in [6.45, 7) is 13.2. The topological polar surface area (TPSA) is 67.4 Å². The van der Waals surface area contributed by atoms with E-state index in [1.807, 2.05) is 25.1 Å². The van der Waals surface area contributed by atoms with Crippen LogP contribution < -0.4 is 20.1 Å². The first kappa shape index (κ1) is 21.3. The molecule has 1 saturated heterocycles. The molecule has 0 bridgehead atoms. The molecular formula is C20H34N4O3. The molecule has 1 aliphatic heterocycles. The van der Waals surface area contributed by atoms with Crippen molar-refractivity contribution >= 4 is 11.6 Å². The molecule has 1 aliphatic rings. The number of methoxy groups -OCH3 is 1. The van der Waals surface area contributed by atoms with Crippen molar-refractivity contribution in [1.82, 2.24) is 10.2 Å². The standard InChI is InChI=1S/C20H34N4O3/c1-5-21-20(22-14-16(3)15-24-9-11-26-12-10-24)23-17-7-8-18(27-6-2)19(13-17)25-4/h7-8,13,16H,5-6,9-12,14-15H2,1-4H3,(H2,21,22,23). The highest BCUT2D eigenvalue weighted by Crippen LogP contribution is 2.30. The Morgan fingerprint density at radius 3 is 2.70 bits per heavy atom. The van der Waals surface area contributed by atoms with Crippen LogP contribution in [0.2, 0.25) is 0 Å². The molecule has 0 saturated carbocycles. The molecule has 7 nitrogen and oxygen atoms in total. The van der Waals surface area contributed by atoms with E-state index in [2.05, 4.69) is 29.4 Å². The molecule has 2 rings (SSSR count). The average Bonchev–Trinajstić information content (AvgIpc) is 2.68. The van der Waals surface area contributed by atoms with Crippen molar-refractivity contribution in [3.63, 3.8) is 0 Å². The monoisotopic (exact) mass is 378 g/mol. The summed E-state index contributed by atoms with van der Waals surface area (Å²) in [5.41, 5.74) is 0.913. The van der Waals surface area contributed by atoms with Gasteiger partial charge in [0.1, 0.15) is 0 Å². The van der Waals surface area contributed by atoms with E-state index >= 15 is 0 Å². The second-order valence-electron chi connectivity index (χ2n) is 6.66. The summed E-state index contributed by atoms with van der Waals surface area (Å²) in [6.07, 6.45) is 0. The fourth-order valence-electron chi connectivity index (χ4n) is 2.99. The average molecular weight is 379 g/mol. The SMILES string of the molecule is CCNC(=NCC(C)CN1CCOCC1)Nc1ccc(OCC)c(OC)c1. The number of hydrogen-bond acceptors (Lipinski definition) is 5. The number of benzene rings is 1. The molecule has 1 heterocycles. The highest BCUT2D eigenvalue weighted by Gasteiger charge is 2.14. The van der Waals surface area contributed by atoms with Crippen molar-refractivity contribution in [2.24, 2.45) is 10.9 Å². The summed E-state index contributed by atoms with van der Waals surface area (Å²) in [7, 11) is 1.65. The predicted molar refractivity (Wildman–Crippen MR) is 110 cm³/mol. The lowest BCUT2D eigenvalue weighted by molar-refractivity contribution is 0.0323. The van der Waals surface area contributed by atoms with Gasteiger partial charge in [0.15, 0.2) is 17.5 Å². The molecule has 1 aromatic rings. The van der Waals surface area contributed by atoms with Gasteiger partial charge in [-0.25, -0.2) is 0 Å². The zero-order chi connectivity index (χ0) is 19.5. The van der Waals surface area contributed by atoms with Crippen LogP contribution >= 0.6 is 0 Å². The minimum Gasteiger partial charge on any atom is -0.493 e. The number of anilines is 1. The van der Waals surface area contributed by atoms with Crippen molar-refractivity contribution < 1.29 is 14.2 Å².